The standard InChI is InChI=1S/C38H56FN7O2/c1-4-34(47)46-21-20-45(23-29(46)16-18-40)35-32-15-17-37(26-44(3)33-22-28(39)13-14-31(33)37)25-38(32,27-10-7-5-6-8-11-27)42-36(41-35)48-24-30-12-9-19-43(30)2/h4,13-14,22,27,29-30,32,35-36,41-42H,1,5-12,15-17,19-21,23-26H2,2-3H3/t29-,30-,32?,35?,36?,37-,38?/m1/s1. The summed E-state index contributed by atoms with van der Waals surface area (Å²) in [7, 11) is 4.33. The Morgan fingerprint density at radius 1 is 1.10 bits per heavy atom. The number of carbonyl (C=O) groups excluding carboxylic acids is 1. The van der Waals surface area contributed by atoms with Crippen molar-refractivity contribution in [2.45, 2.75) is 113 Å². The molecule has 3 saturated heterocycles. The van der Waals surface area contributed by atoms with Gasteiger partial charge in [-0.1, -0.05) is 38.3 Å². The quantitative estimate of drug-likeness (QED) is 0.326. The maximum Gasteiger partial charge on any atom is 0.246 e. The highest BCUT2D eigenvalue weighted by atomic mass is 19.1. The van der Waals surface area contributed by atoms with E-state index < -0.39 is 0 Å². The van der Waals surface area contributed by atoms with Crippen molar-refractivity contribution in [2.24, 2.45) is 11.8 Å². The van der Waals surface area contributed by atoms with Crippen LogP contribution in [0.15, 0.2) is 30.9 Å². The smallest absolute Gasteiger partial charge is 0.246 e. The number of fused-ring (bicyclic) bond motifs is 3. The fraction of sp³-hybridized carbons (Fsp3) is 0.737. The van der Waals surface area contributed by atoms with E-state index in [1.54, 1.807) is 12.1 Å². The molecule has 9 nitrogen and oxygen atoms in total. The molecule has 4 aliphatic heterocycles. The number of halogens is 1. The van der Waals surface area contributed by atoms with E-state index in [1.807, 2.05) is 4.90 Å². The number of anilines is 1. The lowest BCUT2D eigenvalue weighted by Crippen LogP contribution is -2.79. The highest BCUT2D eigenvalue weighted by Crippen LogP contribution is 2.58. The number of hydrogen-bond donors (Lipinski definition) is 2. The van der Waals surface area contributed by atoms with E-state index in [0.29, 0.717) is 44.0 Å². The minimum absolute atomic E-state index is 0.0483. The van der Waals surface area contributed by atoms with Crippen LogP contribution in [-0.4, -0.2) is 104 Å². The highest BCUT2D eigenvalue weighted by molar-refractivity contribution is 5.87. The first-order chi connectivity index (χ1) is 23.3. The van der Waals surface area contributed by atoms with E-state index in [0.717, 1.165) is 51.0 Å². The van der Waals surface area contributed by atoms with Crippen molar-refractivity contribution in [1.82, 2.24) is 25.3 Å². The molecule has 1 spiro atoms. The molecule has 0 aromatic heterocycles. The molecule has 262 valence electrons. The van der Waals surface area contributed by atoms with Crippen LogP contribution < -0.4 is 15.5 Å². The topological polar surface area (TPSA) is 87.1 Å². The number of amides is 1. The van der Waals surface area contributed by atoms with Gasteiger partial charge in [-0.25, -0.2) is 4.39 Å². The summed E-state index contributed by atoms with van der Waals surface area (Å²) < 4.78 is 21.5. The summed E-state index contributed by atoms with van der Waals surface area (Å²) in [5.74, 6) is 0.555. The number of likely N-dealkylation sites (N-methyl/N-ethyl adjacent to an activating group) is 2. The van der Waals surface area contributed by atoms with Crippen LogP contribution in [0.3, 0.4) is 0 Å². The number of nitriles is 1. The van der Waals surface area contributed by atoms with Crippen molar-refractivity contribution in [3.05, 3.63) is 42.2 Å². The number of piperazine rings is 1. The molecule has 5 fully saturated rings. The minimum Gasteiger partial charge on any atom is -0.373 e. The molecular weight excluding hydrogens is 605 g/mol. The van der Waals surface area contributed by atoms with Crippen LogP contribution in [-0.2, 0) is 14.9 Å². The second kappa shape index (κ2) is 14.0. The van der Waals surface area contributed by atoms with Crippen molar-refractivity contribution in [3.8, 4) is 6.07 Å². The minimum atomic E-state index is -0.312. The summed E-state index contributed by atoms with van der Waals surface area (Å²) in [4.78, 5) is 21.9. The molecule has 1 aromatic carbocycles. The largest absolute Gasteiger partial charge is 0.373 e. The Bertz CT molecular complexity index is 1380. The monoisotopic (exact) mass is 661 g/mol. The predicted molar refractivity (Wildman–Crippen MR) is 186 cm³/mol. The van der Waals surface area contributed by atoms with Crippen LogP contribution in [0.2, 0.25) is 0 Å². The number of benzene rings is 1. The summed E-state index contributed by atoms with van der Waals surface area (Å²) in [5.41, 5.74) is 2.09. The molecule has 1 amide bonds. The first kappa shape index (κ1) is 33.9. The molecule has 4 unspecified atom stereocenters. The highest BCUT2D eigenvalue weighted by Gasteiger charge is 2.61. The second-order valence-electron chi connectivity index (χ2n) is 15.8. The van der Waals surface area contributed by atoms with Gasteiger partial charge in [-0.3, -0.25) is 20.3 Å². The molecule has 2 saturated carbocycles. The maximum atomic E-state index is 14.6. The Kier molecular flexibility index (Phi) is 9.89. The third kappa shape index (κ3) is 6.19. The molecule has 1 aromatic rings. The van der Waals surface area contributed by atoms with Crippen LogP contribution in [0, 0.1) is 29.0 Å². The number of likely N-dealkylation sites (tertiary alicyclic amines) is 1. The Balaban J connectivity index is 1.27. The van der Waals surface area contributed by atoms with E-state index in [-0.39, 0.29) is 41.2 Å². The molecular formula is C38H56FN7O2. The van der Waals surface area contributed by atoms with Crippen molar-refractivity contribution in [1.29, 1.82) is 5.26 Å². The van der Waals surface area contributed by atoms with Gasteiger partial charge >= 0.3 is 0 Å². The Morgan fingerprint density at radius 3 is 2.65 bits per heavy atom. The second-order valence-corrected chi connectivity index (χ2v) is 15.8. The van der Waals surface area contributed by atoms with Gasteiger partial charge in [0.2, 0.25) is 5.91 Å². The number of carbonyl (C=O) groups is 1. The summed E-state index contributed by atoms with van der Waals surface area (Å²) in [6.07, 6.45) is 14.3. The Hall–Kier alpha value is -2.55. The Morgan fingerprint density at radius 2 is 1.92 bits per heavy atom. The molecule has 0 radical (unpaired) electrons. The van der Waals surface area contributed by atoms with Gasteiger partial charge < -0.3 is 19.4 Å². The number of ether oxygens (including phenoxy) is 1. The van der Waals surface area contributed by atoms with Gasteiger partial charge in [-0.05, 0) is 88.2 Å². The van der Waals surface area contributed by atoms with E-state index in [4.69, 9.17) is 4.74 Å². The first-order valence-corrected chi connectivity index (χ1v) is 18.7. The zero-order chi connectivity index (χ0) is 33.5. The van der Waals surface area contributed by atoms with Crippen LogP contribution in [0.25, 0.3) is 0 Å². The maximum absolute atomic E-state index is 14.6. The molecule has 2 aliphatic carbocycles. The average Bonchev–Trinajstić information content (AvgIpc) is 3.45. The normalized spacial score (nSPS) is 36.4. The van der Waals surface area contributed by atoms with Crippen LogP contribution in [0.4, 0.5) is 10.1 Å². The molecule has 7 atom stereocenters. The van der Waals surface area contributed by atoms with Crippen LogP contribution in [0.1, 0.15) is 82.6 Å². The van der Waals surface area contributed by atoms with E-state index in [9.17, 15) is 14.4 Å². The van der Waals surface area contributed by atoms with Gasteiger partial charge in [0.1, 0.15) is 5.82 Å². The molecule has 7 rings (SSSR count). The van der Waals surface area contributed by atoms with Crippen molar-refractivity contribution < 1.29 is 13.9 Å². The van der Waals surface area contributed by atoms with Crippen molar-refractivity contribution in [3.63, 3.8) is 0 Å². The Labute approximate surface area is 286 Å². The molecule has 4 heterocycles. The molecule has 2 N–H and O–H groups in total. The lowest BCUT2D eigenvalue weighted by atomic mass is 9.53. The van der Waals surface area contributed by atoms with Gasteiger partial charge in [0, 0.05) is 61.8 Å². The molecule has 10 heteroatoms. The summed E-state index contributed by atoms with van der Waals surface area (Å²) >= 11 is 0. The summed E-state index contributed by atoms with van der Waals surface area (Å²) in [6.45, 7) is 8.40. The lowest BCUT2D eigenvalue weighted by molar-refractivity contribution is -0.157. The van der Waals surface area contributed by atoms with Gasteiger partial charge in [-0.2, -0.15) is 5.26 Å². The zero-order valence-corrected chi connectivity index (χ0v) is 29.1. The van der Waals surface area contributed by atoms with Crippen molar-refractivity contribution in [2.75, 3.05) is 58.3 Å². The SMILES string of the molecule is C=CC(=O)N1CCN(C2NC(OC[C@H]3CCCN3C)NC3(C4CCCCCC4)C[C@]4(CCC23)CN(C)c2cc(F)ccc24)C[C@H]1CC#N. The van der Waals surface area contributed by atoms with Crippen LogP contribution in [0.5, 0.6) is 0 Å². The van der Waals surface area contributed by atoms with Crippen molar-refractivity contribution >= 4 is 11.6 Å². The molecule has 48 heavy (non-hydrogen) atoms. The van der Waals surface area contributed by atoms with E-state index >= 15 is 0 Å². The predicted octanol–water partition coefficient (Wildman–Crippen LogP) is 4.55. The number of rotatable bonds is 7. The third-order valence-corrected chi connectivity index (χ3v) is 13.2. The van der Waals surface area contributed by atoms with E-state index in [2.05, 4.69) is 58.1 Å². The number of nitrogens with zero attached hydrogens (tertiary/aromatic N) is 5. The summed E-state index contributed by atoms with van der Waals surface area (Å²) in [5, 5.41) is 18.0. The fourth-order valence-electron chi connectivity index (χ4n) is 10.9. The third-order valence-electron chi connectivity index (χ3n) is 13.2. The lowest BCUT2D eigenvalue weighted by Gasteiger charge is -2.63. The first-order valence-electron chi connectivity index (χ1n) is 18.7. The van der Waals surface area contributed by atoms with Gasteiger partial charge in [0.15, 0.2) is 6.35 Å². The average molecular weight is 662 g/mol. The van der Waals surface area contributed by atoms with Gasteiger partial charge in [-0.15, -0.1) is 0 Å². The number of hydrogen-bond acceptors (Lipinski definition) is 8. The van der Waals surface area contributed by atoms with Crippen LogP contribution >= 0.6 is 0 Å². The number of nitrogens with one attached hydrogen (secondary N) is 2. The molecule has 6 aliphatic rings. The zero-order valence-electron chi connectivity index (χ0n) is 29.1. The van der Waals surface area contributed by atoms with Gasteiger partial charge in [0.05, 0.1) is 31.3 Å². The molecule has 0 bridgehead atoms. The summed E-state index contributed by atoms with van der Waals surface area (Å²) in [6, 6.07) is 8.06. The van der Waals surface area contributed by atoms with E-state index in [1.165, 1.54) is 56.6 Å². The fourth-order valence-corrected chi connectivity index (χ4v) is 10.9. The van der Waals surface area contributed by atoms with Gasteiger partial charge in [0.25, 0.3) is 0 Å².